The minimum absolute atomic E-state index is 0.139. The zero-order valence-corrected chi connectivity index (χ0v) is 9.44. The number of aliphatic carboxylic acids is 1. The first-order chi connectivity index (χ1) is 8.37. The van der Waals surface area contributed by atoms with Crippen LogP contribution in [-0.2, 0) is 14.9 Å². The van der Waals surface area contributed by atoms with E-state index in [1.54, 1.807) is 0 Å². The molecule has 96 valence electrons. The number of alkyl halides is 2. The molecule has 1 aliphatic rings. The van der Waals surface area contributed by atoms with Gasteiger partial charge in [0.05, 0.1) is 12.7 Å². The Kier molecular flexibility index (Phi) is 2.61. The summed E-state index contributed by atoms with van der Waals surface area (Å²) in [6, 6.07) is 5.38. The molecule has 0 aromatic heterocycles. The van der Waals surface area contributed by atoms with Crippen molar-refractivity contribution < 1.29 is 28.2 Å². The number of esters is 1. The number of carbonyl (C=O) groups excluding carboxylic acids is 1. The normalized spacial score (nSPS) is 24.4. The van der Waals surface area contributed by atoms with E-state index in [1.807, 2.05) is 0 Å². The number of rotatable bonds is 3. The van der Waals surface area contributed by atoms with E-state index in [1.165, 1.54) is 24.3 Å². The van der Waals surface area contributed by atoms with E-state index in [0.717, 1.165) is 7.11 Å². The molecule has 1 saturated carbocycles. The molecule has 0 saturated heterocycles. The van der Waals surface area contributed by atoms with Gasteiger partial charge in [-0.05, 0) is 11.6 Å². The highest BCUT2D eigenvalue weighted by atomic mass is 19.3. The third-order valence-corrected chi connectivity index (χ3v) is 3.14. The Hall–Kier alpha value is -1.98. The average molecular weight is 256 g/mol. The summed E-state index contributed by atoms with van der Waals surface area (Å²) in [5, 5.41) is 9.04. The van der Waals surface area contributed by atoms with Crippen molar-refractivity contribution in [3.8, 4) is 0 Å². The Morgan fingerprint density at radius 2 is 1.89 bits per heavy atom. The van der Waals surface area contributed by atoms with Crippen LogP contribution in [0.5, 0.6) is 0 Å². The summed E-state index contributed by atoms with van der Waals surface area (Å²) in [5.74, 6) is -5.80. The molecule has 1 atom stereocenters. The van der Waals surface area contributed by atoms with Crippen LogP contribution in [-0.4, -0.2) is 30.1 Å². The second-order valence-corrected chi connectivity index (χ2v) is 4.13. The van der Waals surface area contributed by atoms with Gasteiger partial charge in [-0.3, -0.25) is 4.79 Å². The molecule has 0 bridgehead atoms. The second-order valence-electron chi connectivity index (χ2n) is 4.13. The molecule has 0 aliphatic heterocycles. The maximum absolute atomic E-state index is 13.4. The van der Waals surface area contributed by atoms with Crippen molar-refractivity contribution in [1.29, 1.82) is 0 Å². The monoisotopic (exact) mass is 256 g/mol. The Morgan fingerprint density at radius 3 is 2.33 bits per heavy atom. The number of carboxylic acid groups (broad SMARTS) is 1. The maximum atomic E-state index is 13.4. The molecule has 1 fully saturated rings. The fraction of sp³-hybridized carbons (Fsp3) is 0.333. The molecule has 1 N–H and O–H groups in total. The first-order valence-corrected chi connectivity index (χ1v) is 5.16. The Morgan fingerprint density at radius 1 is 1.33 bits per heavy atom. The summed E-state index contributed by atoms with van der Waals surface area (Å²) in [5.41, 5.74) is -2.65. The van der Waals surface area contributed by atoms with Gasteiger partial charge in [0.2, 0.25) is 0 Å². The van der Waals surface area contributed by atoms with E-state index in [0.29, 0.717) is 0 Å². The lowest BCUT2D eigenvalue weighted by molar-refractivity contribution is -0.142. The van der Waals surface area contributed by atoms with Crippen LogP contribution in [0.25, 0.3) is 0 Å². The average Bonchev–Trinajstić information content (AvgIpc) is 2.93. The largest absolute Gasteiger partial charge is 0.480 e. The standard InChI is InChI=1S/C12H10F2O4/c1-18-9(15)7-4-2-3-5-8(7)11(10(16)17)6-12(11,13)14/h2-5H,6H2,1H3,(H,16,17). The number of ether oxygens (including phenoxy) is 1. The van der Waals surface area contributed by atoms with Crippen LogP contribution < -0.4 is 0 Å². The summed E-state index contributed by atoms with van der Waals surface area (Å²) in [6.45, 7) is 0. The fourth-order valence-corrected chi connectivity index (χ4v) is 2.07. The summed E-state index contributed by atoms with van der Waals surface area (Å²) in [4.78, 5) is 22.6. The number of halogens is 2. The lowest BCUT2D eigenvalue weighted by atomic mass is 9.90. The maximum Gasteiger partial charge on any atom is 0.338 e. The summed E-state index contributed by atoms with van der Waals surface area (Å²) >= 11 is 0. The zero-order valence-electron chi connectivity index (χ0n) is 9.44. The van der Waals surface area contributed by atoms with Gasteiger partial charge in [-0.2, -0.15) is 0 Å². The second kappa shape index (κ2) is 3.76. The summed E-state index contributed by atoms with van der Waals surface area (Å²) in [7, 11) is 1.11. The molecule has 0 radical (unpaired) electrons. The molecular weight excluding hydrogens is 246 g/mol. The summed E-state index contributed by atoms with van der Waals surface area (Å²) in [6.07, 6.45) is -0.802. The van der Waals surface area contributed by atoms with E-state index in [9.17, 15) is 18.4 Å². The van der Waals surface area contributed by atoms with Gasteiger partial charge in [0.1, 0.15) is 0 Å². The molecule has 1 aromatic rings. The first kappa shape index (κ1) is 12.5. The van der Waals surface area contributed by atoms with Crippen molar-refractivity contribution in [2.45, 2.75) is 17.8 Å². The van der Waals surface area contributed by atoms with Gasteiger partial charge in [-0.25, -0.2) is 13.6 Å². The zero-order chi connectivity index (χ0) is 13.6. The van der Waals surface area contributed by atoms with Crippen LogP contribution in [0.2, 0.25) is 0 Å². The Bertz CT molecular complexity index is 527. The highest BCUT2D eigenvalue weighted by Crippen LogP contribution is 2.62. The van der Waals surface area contributed by atoms with Crippen molar-refractivity contribution in [2.75, 3.05) is 7.11 Å². The topological polar surface area (TPSA) is 63.6 Å². The van der Waals surface area contributed by atoms with E-state index in [4.69, 9.17) is 5.11 Å². The van der Waals surface area contributed by atoms with Gasteiger partial charge in [-0.1, -0.05) is 18.2 Å². The lowest BCUT2D eigenvalue weighted by Crippen LogP contribution is -2.29. The van der Waals surface area contributed by atoms with E-state index in [2.05, 4.69) is 4.74 Å². The van der Waals surface area contributed by atoms with Gasteiger partial charge < -0.3 is 9.84 Å². The van der Waals surface area contributed by atoms with Crippen LogP contribution in [0.1, 0.15) is 22.3 Å². The minimum Gasteiger partial charge on any atom is -0.480 e. The number of hydrogen-bond donors (Lipinski definition) is 1. The van der Waals surface area contributed by atoms with Crippen molar-refractivity contribution in [3.63, 3.8) is 0 Å². The fourth-order valence-electron chi connectivity index (χ4n) is 2.07. The highest BCUT2D eigenvalue weighted by molar-refractivity contribution is 5.97. The molecule has 18 heavy (non-hydrogen) atoms. The van der Waals surface area contributed by atoms with Crippen LogP contribution in [0.3, 0.4) is 0 Å². The molecule has 6 heteroatoms. The molecule has 1 unspecified atom stereocenters. The van der Waals surface area contributed by atoms with E-state index in [-0.39, 0.29) is 11.1 Å². The number of methoxy groups -OCH3 is 1. The van der Waals surface area contributed by atoms with Crippen molar-refractivity contribution in [2.24, 2.45) is 0 Å². The van der Waals surface area contributed by atoms with Gasteiger partial charge in [0.25, 0.3) is 5.92 Å². The quantitative estimate of drug-likeness (QED) is 0.838. The minimum atomic E-state index is -3.34. The Balaban J connectivity index is 2.59. The third kappa shape index (κ3) is 1.48. The third-order valence-electron chi connectivity index (χ3n) is 3.14. The molecule has 1 aliphatic carbocycles. The number of benzene rings is 1. The van der Waals surface area contributed by atoms with Gasteiger partial charge >= 0.3 is 11.9 Å². The highest BCUT2D eigenvalue weighted by Gasteiger charge is 2.78. The van der Waals surface area contributed by atoms with E-state index >= 15 is 0 Å². The molecular formula is C12H10F2O4. The molecule has 0 spiro atoms. The lowest BCUT2D eigenvalue weighted by Gasteiger charge is -2.15. The summed E-state index contributed by atoms with van der Waals surface area (Å²) < 4.78 is 31.3. The SMILES string of the molecule is COC(=O)c1ccccc1C1(C(=O)O)CC1(F)F. The van der Waals surface area contributed by atoms with Crippen LogP contribution in [0.15, 0.2) is 24.3 Å². The van der Waals surface area contributed by atoms with Crippen LogP contribution in [0.4, 0.5) is 8.78 Å². The Labute approximate surface area is 101 Å². The first-order valence-electron chi connectivity index (χ1n) is 5.16. The smallest absolute Gasteiger partial charge is 0.338 e. The van der Waals surface area contributed by atoms with Crippen molar-refractivity contribution in [1.82, 2.24) is 0 Å². The predicted octanol–water partition coefficient (Wildman–Crippen LogP) is 1.83. The van der Waals surface area contributed by atoms with Crippen molar-refractivity contribution >= 4 is 11.9 Å². The molecule has 2 rings (SSSR count). The van der Waals surface area contributed by atoms with Gasteiger partial charge in [0.15, 0.2) is 5.41 Å². The van der Waals surface area contributed by atoms with Gasteiger partial charge in [0, 0.05) is 6.42 Å². The molecule has 4 nitrogen and oxygen atoms in total. The predicted molar refractivity (Wildman–Crippen MR) is 56.7 cm³/mol. The van der Waals surface area contributed by atoms with Crippen molar-refractivity contribution in [3.05, 3.63) is 35.4 Å². The van der Waals surface area contributed by atoms with E-state index < -0.39 is 29.7 Å². The molecule has 0 heterocycles. The molecule has 0 amide bonds. The number of carboxylic acids is 1. The van der Waals surface area contributed by atoms with Crippen LogP contribution >= 0.6 is 0 Å². The number of hydrogen-bond acceptors (Lipinski definition) is 3. The number of carbonyl (C=O) groups is 2. The van der Waals surface area contributed by atoms with Gasteiger partial charge in [-0.15, -0.1) is 0 Å². The van der Waals surface area contributed by atoms with Crippen LogP contribution in [0, 0.1) is 0 Å². The molecule has 1 aromatic carbocycles.